The molecule has 0 radical (unpaired) electrons. The van der Waals surface area contributed by atoms with Gasteiger partial charge in [-0.2, -0.15) is 0 Å². The number of hydrogen-bond donors (Lipinski definition) is 4. The minimum atomic E-state index is -0.696. The van der Waals surface area contributed by atoms with Gasteiger partial charge in [0.05, 0.1) is 0 Å². The smallest absolute Gasteiger partial charge is 0.312 e. The maximum Gasteiger partial charge on any atom is 0.312 e. The van der Waals surface area contributed by atoms with E-state index >= 15 is 0 Å². The van der Waals surface area contributed by atoms with Gasteiger partial charge in [-0.1, -0.05) is 20.3 Å². The molecule has 6 nitrogen and oxygen atoms in total. The molecule has 0 aromatic carbocycles. The van der Waals surface area contributed by atoms with Crippen LogP contribution in [0.5, 0.6) is 0 Å². The zero-order valence-corrected chi connectivity index (χ0v) is 11.4. The van der Waals surface area contributed by atoms with Crippen molar-refractivity contribution < 1.29 is 14.7 Å². The summed E-state index contributed by atoms with van der Waals surface area (Å²) >= 11 is 0. The summed E-state index contributed by atoms with van der Waals surface area (Å²) in [7, 11) is 0. The SMILES string of the molecule is CCC(C)C(NC(N)=O)C(=O)NC(C)CCCO. The third-order valence-electron chi connectivity index (χ3n) is 2.98. The van der Waals surface area contributed by atoms with Gasteiger partial charge in [0, 0.05) is 12.6 Å². The van der Waals surface area contributed by atoms with Gasteiger partial charge in [-0.05, 0) is 25.7 Å². The van der Waals surface area contributed by atoms with Crippen LogP contribution in [0.1, 0.15) is 40.0 Å². The lowest BCUT2D eigenvalue weighted by Gasteiger charge is -2.24. The van der Waals surface area contributed by atoms with Crippen molar-refractivity contribution in [2.75, 3.05) is 6.61 Å². The topological polar surface area (TPSA) is 104 Å². The number of aliphatic hydroxyl groups is 1. The number of nitrogens with one attached hydrogen (secondary N) is 2. The Kier molecular flexibility index (Phi) is 8.11. The zero-order chi connectivity index (χ0) is 14.1. The largest absolute Gasteiger partial charge is 0.396 e. The Labute approximate surface area is 108 Å². The van der Waals surface area contributed by atoms with Gasteiger partial charge in [0.25, 0.3) is 0 Å². The van der Waals surface area contributed by atoms with Gasteiger partial charge in [0.2, 0.25) is 5.91 Å². The fourth-order valence-corrected chi connectivity index (χ4v) is 1.66. The van der Waals surface area contributed by atoms with Crippen molar-refractivity contribution in [1.82, 2.24) is 10.6 Å². The van der Waals surface area contributed by atoms with Crippen molar-refractivity contribution in [2.45, 2.75) is 52.1 Å². The number of nitrogens with two attached hydrogens (primary N) is 1. The molecule has 0 aromatic heterocycles. The van der Waals surface area contributed by atoms with Crippen molar-refractivity contribution in [3.05, 3.63) is 0 Å². The van der Waals surface area contributed by atoms with Crippen LogP contribution in [0.2, 0.25) is 0 Å². The lowest BCUT2D eigenvalue weighted by atomic mass is 9.98. The van der Waals surface area contributed by atoms with Crippen LogP contribution >= 0.6 is 0 Å². The Morgan fingerprint density at radius 2 is 1.89 bits per heavy atom. The van der Waals surface area contributed by atoms with Gasteiger partial charge in [-0.25, -0.2) is 4.79 Å². The van der Waals surface area contributed by atoms with E-state index in [0.29, 0.717) is 12.8 Å². The number of carbonyl (C=O) groups is 2. The van der Waals surface area contributed by atoms with Crippen LogP contribution in [0.25, 0.3) is 0 Å². The number of urea groups is 1. The molecule has 0 aliphatic rings. The van der Waals surface area contributed by atoms with Crippen molar-refractivity contribution in [1.29, 1.82) is 0 Å². The number of amides is 3. The van der Waals surface area contributed by atoms with Crippen molar-refractivity contribution in [3.63, 3.8) is 0 Å². The predicted octanol–water partition coefficient (Wildman–Crippen LogP) is 0.347. The molecule has 0 aliphatic carbocycles. The minimum absolute atomic E-state index is 0.0162. The number of carbonyl (C=O) groups excluding carboxylic acids is 2. The van der Waals surface area contributed by atoms with Crippen LogP contribution in [0.15, 0.2) is 0 Å². The average molecular weight is 259 g/mol. The Morgan fingerprint density at radius 3 is 2.33 bits per heavy atom. The van der Waals surface area contributed by atoms with E-state index in [1.54, 1.807) is 0 Å². The highest BCUT2D eigenvalue weighted by molar-refractivity contribution is 5.86. The number of primary amides is 1. The first kappa shape index (κ1) is 16.7. The quantitative estimate of drug-likeness (QED) is 0.505. The fourth-order valence-electron chi connectivity index (χ4n) is 1.66. The molecule has 3 atom stereocenters. The average Bonchev–Trinajstić information content (AvgIpc) is 2.32. The third kappa shape index (κ3) is 6.44. The number of aliphatic hydroxyl groups excluding tert-OH is 1. The van der Waals surface area contributed by atoms with Crippen molar-refractivity contribution in [2.24, 2.45) is 11.7 Å². The summed E-state index contributed by atoms with van der Waals surface area (Å²) in [4.78, 5) is 22.9. The first-order valence-electron chi connectivity index (χ1n) is 6.39. The molecule has 6 heteroatoms. The van der Waals surface area contributed by atoms with Crippen molar-refractivity contribution in [3.8, 4) is 0 Å². The van der Waals surface area contributed by atoms with E-state index in [4.69, 9.17) is 10.8 Å². The molecule has 0 aliphatic heterocycles. The second-order valence-electron chi connectivity index (χ2n) is 4.65. The van der Waals surface area contributed by atoms with Crippen LogP contribution in [-0.2, 0) is 4.79 Å². The van der Waals surface area contributed by atoms with Crippen LogP contribution in [0, 0.1) is 5.92 Å². The van der Waals surface area contributed by atoms with E-state index in [0.717, 1.165) is 6.42 Å². The van der Waals surface area contributed by atoms with Gasteiger partial charge in [0.1, 0.15) is 6.04 Å². The van der Waals surface area contributed by atoms with E-state index in [1.165, 1.54) is 0 Å². The summed E-state index contributed by atoms with van der Waals surface area (Å²) in [6.07, 6.45) is 2.11. The van der Waals surface area contributed by atoms with Gasteiger partial charge in [-0.3, -0.25) is 4.79 Å². The summed E-state index contributed by atoms with van der Waals surface area (Å²) in [6, 6.07) is -1.34. The van der Waals surface area contributed by atoms with Crippen LogP contribution in [-0.4, -0.2) is 35.7 Å². The van der Waals surface area contributed by atoms with E-state index < -0.39 is 12.1 Å². The highest BCUT2D eigenvalue weighted by Gasteiger charge is 2.25. The molecule has 3 amide bonds. The summed E-state index contributed by atoms with van der Waals surface area (Å²) in [6.45, 7) is 5.81. The first-order valence-corrected chi connectivity index (χ1v) is 6.39. The van der Waals surface area contributed by atoms with E-state index in [-0.39, 0.29) is 24.5 Å². The molecular weight excluding hydrogens is 234 g/mol. The second kappa shape index (κ2) is 8.74. The van der Waals surface area contributed by atoms with Crippen LogP contribution in [0.3, 0.4) is 0 Å². The molecule has 0 aromatic rings. The summed E-state index contributed by atoms with van der Waals surface area (Å²) in [5, 5.41) is 14.0. The van der Waals surface area contributed by atoms with E-state index in [9.17, 15) is 9.59 Å². The zero-order valence-electron chi connectivity index (χ0n) is 11.4. The Bertz CT molecular complexity index is 271. The van der Waals surface area contributed by atoms with Gasteiger partial charge >= 0.3 is 6.03 Å². The molecule has 0 spiro atoms. The number of hydrogen-bond acceptors (Lipinski definition) is 3. The standard InChI is InChI=1S/C12H25N3O3/c1-4-8(2)10(15-12(13)18)11(17)14-9(3)6-5-7-16/h8-10,16H,4-7H2,1-3H3,(H,14,17)(H3,13,15,18). The maximum absolute atomic E-state index is 12.0. The molecule has 0 heterocycles. The third-order valence-corrected chi connectivity index (χ3v) is 2.98. The molecule has 5 N–H and O–H groups in total. The Morgan fingerprint density at radius 1 is 1.28 bits per heavy atom. The van der Waals surface area contributed by atoms with Crippen molar-refractivity contribution >= 4 is 11.9 Å². The lowest BCUT2D eigenvalue weighted by molar-refractivity contribution is -0.124. The van der Waals surface area contributed by atoms with Crippen LogP contribution in [0.4, 0.5) is 4.79 Å². The fraction of sp³-hybridized carbons (Fsp3) is 0.833. The van der Waals surface area contributed by atoms with E-state index in [1.807, 2.05) is 20.8 Å². The summed E-state index contributed by atoms with van der Waals surface area (Å²) in [5.41, 5.74) is 5.07. The van der Waals surface area contributed by atoms with Gasteiger partial charge in [-0.15, -0.1) is 0 Å². The Balaban J connectivity index is 4.41. The molecule has 0 saturated heterocycles. The minimum Gasteiger partial charge on any atom is -0.396 e. The van der Waals surface area contributed by atoms with Crippen LogP contribution < -0.4 is 16.4 Å². The molecule has 18 heavy (non-hydrogen) atoms. The molecule has 0 saturated carbocycles. The Hall–Kier alpha value is -1.30. The second-order valence-corrected chi connectivity index (χ2v) is 4.65. The monoisotopic (exact) mass is 259 g/mol. The maximum atomic E-state index is 12.0. The van der Waals surface area contributed by atoms with Gasteiger partial charge in [0.15, 0.2) is 0 Å². The molecule has 3 unspecified atom stereocenters. The number of rotatable bonds is 8. The highest BCUT2D eigenvalue weighted by Crippen LogP contribution is 2.08. The molecule has 0 rings (SSSR count). The summed E-state index contributed by atoms with van der Waals surface area (Å²) in [5.74, 6) is -0.212. The predicted molar refractivity (Wildman–Crippen MR) is 69.9 cm³/mol. The van der Waals surface area contributed by atoms with E-state index in [2.05, 4.69) is 10.6 Å². The first-order chi connectivity index (χ1) is 8.42. The molecular formula is C12H25N3O3. The molecule has 0 bridgehead atoms. The highest BCUT2D eigenvalue weighted by atomic mass is 16.3. The normalized spacial score (nSPS) is 15.6. The lowest BCUT2D eigenvalue weighted by Crippen LogP contribution is -2.53. The summed E-state index contributed by atoms with van der Waals surface area (Å²) < 4.78 is 0. The van der Waals surface area contributed by atoms with Gasteiger partial charge < -0.3 is 21.5 Å². The molecule has 0 fully saturated rings. The molecule has 106 valence electrons.